The van der Waals surface area contributed by atoms with Gasteiger partial charge < -0.3 is 9.64 Å². The summed E-state index contributed by atoms with van der Waals surface area (Å²) in [6, 6.07) is 16.5. The van der Waals surface area contributed by atoms with E-state index in [4.69, 9.17) is 4.74 Å². The summed E-state index contributed by atoms with van der Waals surface area (Å²) in [6.07, 6.45) is 2.02. The first-order valence-corrected chi connectivity index (χ1v) is 11.3. The van der Waals surface area contributed by atoms with E-state index in [2.05, 4.69) is 11.1 Å². The quantitative estimate of drug-likeness (QED) is 0.478. The molecule has 1 aliphatic heterocycles. The molecule has 34 heavy (non-hydrogen) atoms. The van der Waals surface area contributed by atoms with Gasteiger partial charge in [0.05, 0.1) is 25.2 Å². The van der Waals surface area contributed by atoms with Gasteiger partial charge in [0.25, 0.3) is 0 Å². The molecule has 4 rings (SSSR count). The first-order valence-electron chi connectivity index (χ1n) is 11.3. The summed E-state index contributed by atoms with van der Waals surface area (Å²) >= 11 is 0. The van der Waals surface area contributed by atoms with E-state index in [0.29, 0.717) is 22.9 Å². The lowest BCUT2D eigenvalue weighted by Crippen LogP contribution is -2.51. The normalized spacial score (nSPS) is 20.1. The van der Waals surface area contributed by atoms with E-state index < -0.39 is 11.7 Å². The molecule has 1 unspecified atom stereocenters. The summed E-state index contributed by atoms with van der Waals surface area (Å²) in [5.74, 6) is 0.189. The third kappa shape index (κ3) is 4.91. The fourth-order valence-corrected chi connectivity index (χ4v) is 4.39. The molecule has 2 heterocycles. The number of halogens is 1. The standard InChI is InChI=1S/C27H26FN3O3/c1-27(28)13-11-20(16-29)31(17-27)26(33)10-9-25(32)22-12-14-30-24-8-5-19(15-23(22)24)18-3-6-21(34-2)7-4-18/h3-8,12,14-15,20H,9-11,13,17H2,1-2H3/t20-,27?/m0/s1. The van der Waals surface area contributed by atoms with Gasteiger partial charge in [-0.15, -0.1) is 0 Å². The van der Waals surface area contributed by atoms with Crippen molar-refractivity contribution in [1.29, 1.82) is 5.26 Å². The summed E-state index contributed by atoms with van der Waals surface area (Å²) in [7, 11) is 1.61. The summed E-state index contributed by atoms with van der Waals surface area (Å²) < 4.78 is 19.7. The van der Waals surface area contributed by atoms with Crippen LogP contribution in [-0.4, -0.2) is 46.9 Å². The van der Waals surface area contributed by atoms with Crippen LogP contribution in [0.3, 0.4) is 0 Å². The van der Waals surface area contributed by atoms with Crippen LogP contribution in [0.2, 0.25) is 0 Å². The summed E-state index contributed by atoms with van der Waals surface area (Å²) in [4.78, 5) is 31.5. The lowest BCUT2D eigenvalue weighted by atomic mass is 9.91. The highest BCUT2D eigenvalue weighted by Crippen LogP contribution is 2.30. The molecular formula is C27H26FN3O3. The number of ether oxygens (including phenoxy) is 1. The van der Waals surface area contributed by atoms with Crippen molar-refractivity contribution >= 4 is 22.6 Å². The molecule has 3 aromatic rings. The number of benzene rings is 2. The highest BCUT2D eigenvalue weighted by Gasteiger charge is 2.38. The summed E-state index contributed by atoms with van der Waals surface area (Å²) in [5, 5.41) is 10.1. The second-order valence-electron chi connectivity index (χ2n) is 8.86. The molecule has 1 aromatic heterocycles. The van der Waals surface area contributed by atoms with Crippen molar-refractivity contribution in [3.63, 3.8) is 0 Å². The number of nitrogens with zero attached hydrogens (tertiary/aromatic N) is 3. The van der Waals surface area contributed by atoms with Crippen LogP contribution in [0.15, 0.2) is 54.7 Å². The number of likely N-dealkylation sites (tertiary alicyclic amines) is 1. The number of carbonyl (C=O) groups is 2. The molecule has 7 heteroatoms. The first-order chi connectivity index (χ1) is 16.3. The van der Waals surface area contributed by atoms with Crippen LogP contribution in [0, 0.1) is 11.3 Å². The van der Waals surface area contributed by atoms with Gasteiger partial charge >= 0.3 is 0 Å². The van der Waals surface area contributed by atoms with E-state index in [-0.39, 0.29) is 37.5 Å². The largest absolute Gasteiger partial charge is 0.497 e. The van der Waals surface area contributed by atoms with Crippen molar-refractivity contribution in [1.82, 2.24) is 9.88 Å². The minimum absolute atomic E-state index is 0.0254. The SMILES string of the molecule is COc1ccc(-c2ccc3nccc(C(=O)CCC(=O)N4CC(C)(F)CC[C@H]4C#N)c3c2)cc1. The van der Waals surface area contributed by atoms with Crippen LogP contribution < -0.4 is 4.74 Å². The predicted molar refractivity (Wildman–Crippen MR) is 127 cm³/mol. The zero-order valence-electron chi connectivity index (χ0n) is 19.3. The van der Waals surface area contributed by atoms with E-state index in [0.717, 1.165) is 16.9 Å². The van der Waals surface area contributed by atoms with Crippen molar-refractivity contribution in [3.8, 4) is 22.9 Å². The highest BCUT2D eigenvalue weighted by atomic mass is 19.1. The fraction of sp³-hybridized carbons (Fsp3) is 0.333. The Morgan fingerprint density at radius 2 is 1.91 bits per heavy atom. The van der Waals surface area contributed by atoms with Crippen molar-refractivity contribution in [2.45, 2.75) is 44.3 Å². The molecule has 0 saturated carbocycles. The van der Waals surface area contributed by atoms with Gasteiger partial charge in [0, 0.05) is 30.0 Å². The van der Waals surface area contributed by atoms with Crippen LogP contribution in [0.25, 0.3) is 22.0 Å². The number of rotatable bonds is 6. The number of aromatic nitrogens is 1. The molecule has 0 N–H and O–H groups in total. The second-order valence-corrected chi connectivity index (χ2v) is 8.86. The van der Waals surface area contributed by atoms with Gasteiger partial charge in [-0.25, -0.2) is 4.39 Å². The number of piperidine rings is 1. The molecule has 1 aliphatic rings. The molecule has 6 nitrogen and oxygen atoms in total. The molecule has 1 saturated heterocycles. The Bertz CT molecular complexity index is 1260. The smallest absolute Gasteiger partial charge is 0.224 e. The van der Waals surface area contributed by atoms with Crippen molar-refractivity contribution in [2.24, 2.45) is 0 Å². The topological polar surface area (TPSA) is 83.3 Å². The number of fused-ring (bicyclic) bond motifs is 1. The number of hydrogen-bond donors (Lipinski definition) is 0. The molecule has 0 radical (unpaired) electrons. The van der Waals surface area contributed by atoms with E-state index in [1.54, 1.807) is 19.4 Å². The maximum Gasteiger partial charge on any atom is 0.224 e. The van der Waals surface area contributed by atoms with Gasteiger partial charge in [0.1, 0.15) is 17.5 Å². The van der Waals surface area contributed by atoms with Gasteiger partial charge in [-0.05, 0) is 61.2 Å². The third-order valence-electron chi connectivity index (χ3n) is 6.32. The molecule has 0 spiro atoms. The third-order valence-corrected chi connectivity index (χ3v) is 6.32. The van der Waals surface area contributed by atoms with Crippen molar-refractivity contribution < 1.29 is 18.7 Å². The molecule has 2 aromatic carbocycles. The number of ketones is 1. The minimum Gasteiger partial charge on any atom is -0.497 e. The number of pyridine rings is 1. The Morgan fingerprint density at radius 3 is 2.62 bits per heavy atom. The van der Waals surface area contributed by atoms with Crippen LogP contribution >= 0.6 is 0 Å². The van der Waals surface area contributed by atoms with E-state index in [1.165, 1.54) is 11.8 Å². The monoisotopic (exact) mass is 459 g/mol. The van der Waals surface area contributed by atoms with Crippen LogP contribution in [-0.2, 0) is 4.79 Å². The molecule has 0 bridgehead atoms. The second kappa shape index (κ2) is 9.60. The lowest BCUT2D eigenvalue weighted by molar-refractivity contribution is -0.137. The van der Waals surface area contributed by atoms with Gasteiger partial charge in [-0.2, -0.15) is 5.26 Å². The number of nitriles is 1. The molecule has 1 amide bonds. The predicted octanol–water partition coefficient (Wildman–Crippen LogP) is 5.12. The number of methoxy groups -OCH3 is 1. The molecule has 2 atom stereocenters. The maximum atomic E-state index is 14.5. The number of alkyl halides is 1. The van der Waals surface area contributed by atoms with E-state index >= 15 is 0 Å². The number of hydrogen-bond acceptors (Lipinski definition) is 5. The Kier molecular flexibility index (Phi) is 6.60. The molecule has 0 aliphatic carbocycles. The Labute approximate surface area is 198 Å². The average Bonchev–Trinajstić information content (AvgIpc) is 2.86. The molecule has 1 fully saturated rings. The zero-order chi connectivity index (χ0) is 24.3. The van der Waals surface area contributed by atoms with Crippen LogP contribution in [0.5, 0.6) is 5.75 Å². The van der Waals surface area contributed by atoms with Crippen LogP contribution in [0.4, 0.5) is 4.39 Å². The fourth-order valence-electron chi connectivity index (χ4n) is 4.39. The molecule has 174 valence electrons. The first kappa shape index (κ1) is 23.4. The number of carbonyl (C=O) groups excluding carboxylic acids is 2. The van der Waals surface area contributed by atoms with Crippen molar-refractivity contribution in [3.05, 3.63) is 60.3 Å². The van der Waals surface area contributed by atoms with Crippen LogP contribution in [0.1, 0.15) is 43.0 Å². The summed E-state index contributed by atoms with van der Waals surface area (Å²) in [5.41, 5.74) is 1.55. The highest BCUT2D eigenvalue weighted by molar-refractivity contribution is 6.08. The van der Waals surface area contributed by atoms with Gasteiger partial charge in [0.15, 0.2) is 5.78 Å². The Morgan fingerprint density at radius 1 is 1.18 bits per heavy atom. The van der Waals surface area contributed by atoms with Gasteiger partial charge in [-0.3, -0.25) is 14.6 Å². The van der Waals surface area contributed by atoms with Gasteiger partial charge in [-0.1, -0.05) is 18.2 Å². The Hall–Kier alpha value is -3.79. The van der Waals surface area contributed by atoms with E-state index in [1.807, 2.05) is 42.5 Å². The van der Waals surface area contributed by atoms with Gasteiger partial charge in [0.2, 0.25) is 5.91 Å². The molecular weight excluding hydrogens is 433 g/mol. The average molecular weight is 460 g/mol. The zero-order valence-corrected chi connectivity index (χ0v) is 19.3. The van der Waals surface area contributed by atoms with Crippen molar-refractivity contribution in [2.75, 3.05) is 13.7 Å². The Balaban J connectivity index is 1.54. The lowest BCUT2D eigenvalue weighted by Gasteiger charge is -2.38. The maximum absolute atomic E-state index is 14.5. The number of Topliss-reactive ketones (excluding diaryl/α,β-unsaturated/α-hetero) is 1. The number of amides is 1. The van der Waals surface area contributed by atoms with E-state index in [9.17, 15) is 19.2 Å². The minimum atomic E-state index is -1.52. The summed E-state index contributed by atoms with van der Waals surface area (Å²) in [6.45, 7) is 1.32.